The fourth-order valence-corrected chi connectivity index (χ4v) is 2.40. The van der Waals surface area contributed by atoms with E-state index in [4.69, 9.17) is 9.47 Å². The van der Waals surface area contributed by atoms with E-state index in [-0.39, 0.29) is 24.6 Å². The van der Waals surface area contributed by atoms with Crippen molar-refractivity contribution in [2.24, 2.45) is 0 Å². The van der Waals surface area contributed by atoms with Crippen LogP contribution >= 0.6 is 0 Å². The molecule has 0 saturated carbocycles. The van der Waals surface area contributed by atoms with Crippen LogP contribution in [-0.2, 0) is 14.3 Å². The molecule has 1 aromatic rings. The molecule has 0 radical (unpaired) electrons. The Morgan fingerprint density at radius 2 is 1.95 bits per heavy atom. The topological polar surface area (TPSA) is 78.9 Å². The number of benzene rings is 1. The quantitative estimate of drug-likeness (QED) is 0.616. The molecule has 0 N–H and O–H groups in total. The molecular weight excluding hydrogens is 264 g/mol. The van der Waals surface area contributed by atoms with Gasteiger partial charge in [0, 0.05) is 6.42 Å². The summed E-state index contributed by atoms with van der Waals surface area (Å²) in [5.74, 6) is -2.05. The van der Waals surface area contributed by atoms with Crippen molar-refractivity contribution in [1.82, 2.24) is 0 Å². The van der Waals surface area contributed by atoms with Gasteiger partial charge in [-0.3, -0.25) is 9.59 Å². The highest BCUT2D eigenvalue weighted by Crippen LogP contribution is 2.40. The molecule has 1 aromatic carbocycles. The summed E-state index contributed by atoms with van der Waals surface area (Å²) in [5.41, 5.74) is 0.525. The molecule has 0 bridgehead atoms. The van der Waals surface area contributed by atoms with Gasteiger partial charge in [-0.1, -0.05) is 6.92 Å². The van der Waals surface area contributed by atoms with Crippen molar-refractivity contribution in [1.29, 1.82) is 0 Å². The molecule has 0 fully saturated rings. The molecule has 0 aromatic heterocycles. The Labute approximate surface area is 114 Å². The second-order valence-corrected chi connectivity index (χ2v) is 4.65. The van der Waals surface area contributed by atoms with Gasteiger partial charge in [0.2, 0.25) is 6.79 Å². The zero-order valence-electron chi connectivity index (χ0n) is 10.8. The van der Waals surface area contributed by atoms with E-state index in [9.17, 15) is 14.4 Å². The summed E-state index contributed by atoms with van der Waals surface area (Å²) in [6, 6.07) is 2.98. The number of rotatable bonds is 3. The number of esters is 2. The third-order valence-corrected chi connectivity index (χ3v) is 3.32. The molecule has 2 heterocycles. The molecule has 1 unspecified atom stereocenters. The van der Waals surface area contributed by atoms with Gasteiger partial charge >= 0.3 is 11.9 Å². The van der Waals surface area contributed by atoms with Gasteiger partial charge in [-0.25, -0.2) is 4.79 Å². The first-order valence-electron chi connectivity index (χ1n) is 6.34. The summed E-state index contributed by atoms with van der Waals surface area (Å²) in [6.45, 7) is 1.90. The summed E-state index contributed by atoms with van der Waals surface area (Å²) in [7, 11) is 0. The molecule has 104 valence electrons. The monoisotopic (exact) mass is 276 g/mol. The van der Waals surface area contributed by atoms with Gasteiger partial charge in [-0.2, -0.15) is 0 Å². The number of hydrogen-bond donors (Lipinski definition) is 0. The third-order valence-electron chi connectivity index (χ3n) is 3.32. The van der Waals surface area contributed by atoms with E-state index in [1.807, 2.05) is 6.92 Å². The van der Waals surface area contributed by atoms with Crippen LogP contribution in [0.1, 0.15) is 41.6 Å². The molecule has 6 heteroatoms. The molecule has 3 rings (SSSR count). The largest absolute Gasteiger partial charge is 0.454 e. The lowest BCUT2D eigenvalue weighted by atomic mass is 9.87. The predicted molar refractivity (Wildman–Crippen MR) is 65.6 cm³/mol. The number of carbonyl (C=O) groups excluding carboxylic acids is 3. The van der Waals surface area contributed by atoms with Gasteiger partial charge in [-0.15, -0.1) is 0 Å². The highest BCUT2D eigenvalue weighted by Gasteiger charge is 2.40. The lowest BCUT2D eigenvalue weighted by molar-refractivity contribution is -0.144. The van der Waals surface area contributed by atoms with Gasteiger partial charge in [0.15, 0.2) is 17.3 Å². The molecule has 0 spiro atoms. The predicted octanol–water partition coefficient (Wildman–Crippen LogP) is 1.57. The maximum Gasteiger partial charge on any atom is 0.346 e. The maximum absolute atomic E-state index is 12.1. The minimum atomic E-state index is -1.06. The van der Waals surface area contributed by atoms with Crippen molar-refractivity contribution < 1.29 is 28.6 Å². The molecule has 6 nitrogen and oxygen atoms in total. The Hall–Kier alpha value is -2.37. The highest BCUT2D eigenvalue weighted by atomic mass is 16.7. The number of cyclic esters (lactones) is 2. The molecule has 0 amide bonds. The molecular formula is C14H12O6. The van der Waals surface area contributed by atoms with E-state index in [1.165, 1.54) is 12.1 Å². The molecule has 2 aliphatic heterocycles. The molecule has 20 heavy (non-hydrogen) atoms. The SMILES string of the molecule is CCCC(=O)C1C(=O)OC(=O)c2cc3c(cc21)OCO3. The van der Waals surface area contributed by atoms with Gasteiger partial charge in [0.05, 0.1) is 5.56 Å². The van der Waals surface area contributed by atoms with E-state index in [0.717, 1.165) is 0 Å². The molecule has 0 saturated heterocycles. The lowest BCUT2D eigenvalue weighted by Crippen LogP contribution is -2.32. The van der Waals surface area contributed by atoms with Crippen molar-refractivity contribution in [2.75, 3.05) is 6.79 Å². The smallest absolute Gasteiger partial charge is 0.346 e. The zero-order valence-corrected chi connectivity index (χ0v) is 10.8. The van der Waals surface area contributed by atoms with E-state index in [2.05, 4.69) is 4.74 Å². The zero-order chi connectivity index (χ0) is 14.3. The van der Waals surface area contributed by atoms with Crippen LogP contribution in [0.5, 0.6) is 11.5 Å². The van der Waals surface area contributed by atoms with Gasteiger partial charge in [0.25, 0.3) is 0 Å². The number of fused-ring (bicyclic) bond motifs is 2. The highest BCUT2D eigenvalue weighted by molar-refractivity contribution is 6.14. The van der Waals surface area contributed by atoms with E-state index in [0.29, 0.717) is 23.5 Å². The summed E-state index contributed by atoms with van der Waals surface area (Å²) < 4.78 is 15.1. The normalized spacial score (nSPS) is 19.6. The summed E-state index contributed by atoms with van der Waals surface area (Å²) in [5, 5.41) is 0. The van der Waals surface area contributed by atoms with Crippen molar-refractivity contribution in [3.05, 3.63) is 23.3 Å². The van der Waals surface area contributed by atoms with Crippen molar-refractivity contribution in [2.45, 2.75) is 25.7 Å². The Bertz CT molecular complexity index is 618. The van der Waals surface area contributed by atoms with Crippen molar-refractivity contribution in [3.63, 3.8) is 0 Å². The average Bonchev–Trinajstić information content (AvgIpc) is 2.84. The van der Waals surface area contributed by atoms with Crippen LogP contribution in [0.4, 0.5) is 0 Å². The number of Topliss-reactive ketones (excluding diaryl/α,β-unsaturated/α-hetero) is 1. The van der Waals surface area contributed by atoms with Crippen LogP contribution < -0.4 is 9.47 Å². The Kier molecular flexibility index (Phi) is 2.93. The fourth-order valence-electron chi connectivity index (χ4n) is 2.40. The Morgan fingerprint density at radius 1 is 1.25 bits per heavy atom. The number of carbonyl (C=O) groups is 3. The number of hydrogen-bond acceptors (Lipinski definition) is 6. The average molecular weight is 276 g/mol. The summed E-state index contributed by atoms with van der Waals surface area (Å²) in [4.78, 5) is 35.7. The van der Waals surface area contributed by atoms with Crippen LogP contribution in [0.25, 0.3) is 0 Å². The van der Waals surface area contributed by atoms with Crippen LogP contribution in [0.3, 0.4) is 0 Å². The second-order valence-electron chi connectivity index (χ2n) is 4.65. The summed E-state index contributed by atoms with van der Waals surface area (Å²) in [6.07, 6.45) is 0.873. The van der Waals surface area contributed by atoms with Crippen molar-refractivity contribution >= 4 is 17.7 Å². The minimum Gasteiger partial charge on any atom is -0.454 e. The van der Waals surface area contributed by atoms with E-state index in [1.54, 1.807) is 0 Å². The van der Waals surface area contributed by atoms with E-state index < -0.39 is 17.9 Å². The second kappa shape index (κ2) is 4.63. The standard InChI is InChI=1S/C14H12O6/c1-2-3-9(15)12-7-4-10-11(19-6-18-10)5-8(7)13(16)20-14(12)17/h4-5,12H,2-3,6H2,1H3. The number of ketones is 1. The van der Waals surface area contributed by atoms with Crippen LogP contribution in [0.2, 0.25) is 0 Å². The van der Waals surface area contributed by atoms with Gasteiger partial charge in [-0.05, 0) is 24.1 Å². The van der Waals surface area contributed by atoms with Crippen molar-refractivity contribution in [3.8, 4) is 11.5 Å². The molecule has 0 aliphatic carbocycles. The van der Waals surface area contributed by atoms with Crippen LogP contribution in [-0.4, -0.2) is 24.5 Å². The van der Waals surface area contributed by atoms with Gasteiger partial charge in [0.1, 0.15) is 5.92 Å². The fraction of sp³-hybridized carbons (Fsp3) is 0.357. The first-order chi connectivity index (χ1) is 9.61. The Balaban J connectivity index is 2.11. The van der Waals surface area contributed by atoms with E-state index >= 15 is 0 Å². The lowest BCUT2D eigenvalue weighted by Gasteiger charge is -2.22. The van der Waals surface area contributed by atoms with Crippen LogP contribution in [0, 0.1) is 0 Å². The number of ether oxygens (including phenoxy) is 3. The minimum absolute atomic E-state index is 0.0504. The molecule has 1 atom stereocenters. The maximum atomic E-state index is 12.1. The first-order valence-corrected chi connectivity index (χ1v) is 6.34. The van der Waals surface area contributed by atoms with Gasteiger partial charge < -0.3 is 14.2 Å². The summed E-state index contributed by atoms with van der Waals surface area (Å²) >= 11 is 0. The first kappa shape index (κ1) is 12.7. The Morgan fingerprint density at radius 3 is 2.65 bits per heavy atom. The third kappa shape index (κ3) is 1.84. The molecule has 2 aliphatic rings. The van der Waals surface area contributed by atoms with Crippen LogP contribution in [0.15, 0.2) is 12.1 Å².